The second-order valence-electron chi connectivity index (χ2n) is 4.74. The summed E-state index contributed by atoms with van der Waals surface area (Å²) in [6.45, 7) is 1.42. The van der Waals surface area contributed by atoms with Gasteiger partial charge in [0, 0.05) is 11.8 Å². The number of methoxy groups -OCH3 is 1. The van der Waals surface area contributed by atoms with Crippen molar-refractivity contribution in [2.24, 2.45) is 0 Å². The van der Waals surface area contributed by atoms with Crippen LogP contribution >= 0.6 is 23.1 Å². The molecule has 21 heavy (non-hydrogen) atoms. The highest BCUT2D eigenvalue weighted by atomic mass is 32.2. The van der Waals surface area contributed by atoms with Crippen LogP contribution in [0.1, 0.15) is 40.6 Å². The number of anilines is 1. The highest BCUT2D eigenvalue weighted by Crippen LogP contribution is 2.38. The molecule has 0 spiro atoms. The van der Waals surface area contributed by atoms with Gasteiger partial charge >= 0.3 is 5.97 Å². The predicted octanol–water partition coefficient (Wildman–Crippen LogP) is 2.63. The molecule has 1 aliphatic carbocycles. The number of hydrogen-bond acceptors (Lipinski definition) is 6. The summed E-state index contributed by atoms with van der Waals surface area (Å²) >= 11 is 2.39. The van der Waals surface area contributed by atoms with E-state index in [9.17, 15) is 14.4 Å². The van der Waals surface area contributed by atoms with Crippen LogP contribution < -0.4 is 5.32 Å². The first-order valence-corrected chi connectivity index (χ1v) is 8.49. The first kappa shape index (κ1) is 16.0. The number of ether oxygens (including phenoxy) is 1. The molecule has 1 aromatic rings. The van der Waals surface area contributed by atoms with Crippen LogP contribution in [0.5, 0.6) is 0 Å². The maximum absolute atomic E-state index is 12.0. The van der Waals surface area contributed by atoms with E-state index in [2.05, 4.69) is 5.32 Å². The van der Waals surface area contributed by atoms with Gasteiger partial charge in [0.1, 0.15) is 5.00 Å². The minimum absolute atomic E-state index is 0.0541. The molecular weight excluding hydrogens is 310 g/mol. The van der Waals surface area contributed by atoms with Gasteiger partial charge in [-0.3, -0.25) is 9.59 Å². The van der Waals surface area contributed by atoms with Gasteiger partial charge in [-0.1, -0.05) is 11.8 Å². The van der Waals surface area contributed by atoms with Gasteiger partial charge in [-0.2, -0.15) is 0 Å². The molecule has 0 saturated heterocycles. The van der Waals surface area contributed by atoms with Crippen LogP contribution in [0.25, 0.3) is 0 Å². The molecule has 114 valence electrons. The fourth-order valence-corrected chi connectivity index (χ4v) is 4.00. The molecule has 7 heteroatoms. The smallest absolute Gasteiger partial charge is 0.341 e. The van der Waals surface area contributed by atoms with Crippen molar-refractivity contribution in [1.82, 2.24) is 0 Å². The normalized spacial score (nSPS) is 13.4. The molecule has 1 aliphatic rings. The number of fused-ring (bicyclic) bond motifs is 1. The maximum atomic E-state index is 12.0. The predicted molar refractivity (Wildman–Crippen MR) is 84.1 cm³/mol. The van der Waals surface area contributed by atoms with E-state index in [-0.39, 0.29) is 16.8 Å². The maximum Gasteiger partial charge on any atom is 0.341 e. The third kappa shape index (κ3) is 3.85. The third-order valence-corrected chi connectivity index (χ3v) is 5.24. The number of thiophene rings is 1. The Hall–Kier alpha value is -1.34. The summed E-state index contributed by atoms with van der Waals surface area (Å²) in [5, 5.41) is 3.18. The van der Waals surface area contributed by atoms with Gasteiger partial charge in [-0.05, 0) is 31.2 Å². The molecule has 0 atom stereocenters. The second-order valence-corrected chi connectivity index (χ2v) is 6.99. The number of rotatable bonds is 4. The molecule has 0 unspecified atom stereocenters. The molecule has 2 rings (SSSR count). The lowest BCUT2D eigenvalue weighted by atomic mass is 9.95. The highest BCUT2D eigenvalue weighted by molar-refractivity contribution is 8.14. The van der Waals surface area contributed by atoms with Crippen molar-refractivity contribution in [3.63, 3.8) is 0 Å². The van der Waals surface area contributed by atoms with E-state index in [0.717, 1.165) is 47.9 Å². The van der Waals surface area contributed by atoms with Gasteiger partial charge in [-0.15, -0.1) is 11.3 Å². The van der Waals surface area contributed by atoms with Gasteiger partial charge in [0.25, 0.3) is 0 Å². The van der Waals surface area contributed by atoms with Gasteiger partial charge in [0.05, 0.1) is 18.4 Å². The van der Waals surface area contributed by atoms with Crippen LogP contribution in [-0.2, 0) is 27.2 Å². The summed E-state index contributed by atoms with van der Waals surface area (Å²) in [6, 6.07) is 0. The number of hydrogen-bond donors (Lipinski definition) is 1. The lowest BCUT2D eigenvalue weighted by Gasteiger charge is -2.11. The number of aryl methyl sites for hydroxylation is 1. The van der Waals surface area contributed by atoms with E-state index >= 15 is 0 Å². The van der Waals surface area contributed by atoms with Crippen LogP contribution in [-0.4, -0.2) is 29.9 Å². The van der Waals surface area contributed by atoms with Gasteiger partial charge < -0.3 is 10.1 Å². The Morgan fingerprint density at radius 1 is 1.29 bits per heavy atom. The quantitative estimate of drug-likeness (QED) is 0.861. The summed E-state index contributed by atoms with van der Waals surface area (Å²) < 4.78 is 4.84. The zero-order valence-electron chi connectivity index (χ0n) is 12.0. The SMILES string of the molecule is COC(=O)c1c(NC(=O)CSC(C)=O)sc2c1CCCC2. The van der Waals surface area contributed by atoms with Crippen molar-refractivity contribution in [2.45, 2.75) is 32.6 Å². The molecule has 0 bridgehead atoms. The van der Waals surface area contributed by atoms with Crippen molar-refractivity contribution in [1.29, 1.82) is 0 Å². The molecule has 1 aromatic heterocycles. The topological polar surface area (TPSA) is 72.5 Å². The minimum Gasteiger partial charge on any atom is -0.465 e. The number of carbonyl (C=O) groups is 3. The molecule has 5 nitrogen and oxygen atoms in total. The summed E-state index contributed by atoms with van der Waals surface area (Å²) in [5.74, 6) is -0.638. The van der Waals surface area contributed by atoms with E-state index < -0.39 is 5.97 Å². The number of amides is 1. The number of thioether (sulfide) groups is 1. The van der Waals surface area contributed by atoms with Crippen LogP contribution in [0.4, 0.5) is 5.00 Å². The molecule has 0 fully saturated rings. The summed E-state index contributed by atoms with van der Waals surface area (Å²) in [6.07, 6.45) is 3.92. The average Bonchev–Trinajstić information content (AvgIpc) is 2.82. The monoisotopic (exact) mass is 327 g/mol. The van der Waals surface area contributed by atoms with Crippen molar-refractivity contribution in [3.05, 3.63) is 16.0 Å². The van der Waals surface area contributed by atoms with Crippen molar-refractivity contribution >= 4 is 45.1 Å². The second kappa shape index (κ2) is 7.09. The van der Waals surface area contributed by atoms with Gasteiger partial charge in [-0.25, -0.2) is 4.79 Å². The zero-order valence-corrected chi connectivity index (χ0v) is 13.6. The van der Waals surface area contributed by atoms with Crippen LogP contribution in [0.2, 0.25) is 0 Å². The van der Waals surface area contributed by atoms with Crippen molar-refractivity contribution in [3.8, 4) is 0 Å². The Labute approximate surface area is 131 Å². The minimum atomic E-state index is -0.413. The molecule has 0 radical (unpaired) electrons. The van der Waals surface area contributed by atoms with Crippen molar-refractivity contribution < 1.29 is 19.1 Å². The lowest BCUT2D eigenvalue weighted by molar-refractivity contribution is -0.114. The number of carbonyl (C=O) groups excluding carboxylic acids is 3. The molecule has 0 aliphatic heterocycles. The molecular formula is C14H17NO4S2. The lowest BCUT2D eigenvalue weighted by Crippen LogP contribution is -2.17. The molecule has 1 amide bonds. The third-order valence-electron chi connectivity index (χ3n) is 3.22. The summed E-state index contributed by atoms with van der Waals surface area (Å²) in [5.41, 5.74) is 1.49. The van der Waals surface area contributed by atoms with E-state index in [4.69, 9.17) is 4.74 Å². The number of esters is 1. The Kier molecular flexibility index (Phi) is 5.41. The van der Waals surface area contributed by atoms with Crippen LogP contribution in [0.3, 0.4) is 0 Å². The Bertz CT molecular complexity index is 580. The van der Waals surface area contributed by atoms with E-state index in [0.29, 0.717) is 10.6 Å². The fourth-order valence-electron chi connectivity index (χ4n) is 2.30. The van der Waals surface area contributed by atoms with Gasteiger partial charge in [0.2, 0.25) is 5.91 Å². The van der Waals surface area contributed by atoms with E-state index in [1.54, 1.807) is 0 Å². The molecule has 0 saturated carbocycles. The zero-order chi connectivity index (χ0) is 15.4. The van der Waals surface area contributed by atoms with E-state index in [1.165, 1.54) is 25.4 Å². The summed E-state index contributed by atoms with van der Waals surface area (Å²) in [7, 11) is 1.34. The first-order chi connectivity index (χ1) is 10.0. The van der Waals surface area contributed by atoms with Crippen molar-refractivity contribution in [2.75, 3.05) is 18.2 Å². The average molecular weight is 327 g/mol. The molecule has 0 aromatic carbocycles. The summed E-state index contributed by atoms with van der Waals surface area (Å²) in [4.78, 5) is 35.9. The molecule has 1 N–H and O–H groups in total. The molecule has 1 heterocycles. The Morgan fingerprint density at radius 2 is 2.00 bits per heavy atom. The fraction of sp³-hybridized carbons (Fsp3) is 0.500. The largest absolute Gasteiger partial charge is 0.465 e. The van der Waals surface area contributed by atoms with E-state index in [1.807, 2.05) is 0 Å². The Morgan fingerprint density at radius 3 is 2.67 bits per heavy atom. The number of nitrogens with one attached hydrogen (secondary N) is 1. The Balaban J connectivity index is 2.22. The van der Waals surface area contributed by atoms with Gasteiger partial charge in [0.15, 0.2) is 5.12 Å². The standard InChI is InChI=1S/C14H17NO4S2/c1-8(16)20-7-11(17)15-13-12(14(18)19-2)9-5-3-4-6-10(9)21-13/h3-7H2,1-2H3,(H,15,17). The first-order valence-electron chi connectivity index (χ1n) is 6.69. The highest BCUT2D eigenvalue weighted by Gasteiger charge is 2.26. The van der Waals surface area contributed by atoms with Crippen LogP contribution in [0.15, 0.2) is 0 Å². The van der Waals surface area contributed by atoms with Crippen LogP contribution in [0, 0.1) is 0 Å².